The monoisotopic (exact) mass is 489 g/mol. The summed E-state index contributed by atoms with van der Waals surface area (Å²) in [5.41, 5.74) is 0.724. The maximum atomic E-state index is 13.8. The molecule has 0 unspecified atom stereocenters. The number of urea groups is 1. The van der Waals surface area contributed by atoms with Crippen molar-refractivity contribution in [3.05, 3.63) is 65.9 Å². The Bertz CT molecular complexity index is 1320. The third-order valence-corrected chi connectivity index (χ3v) is 6.30. The molecule has 3 aromatic rings. The summed E-state index contributed by atoms with van der Waals surface area (Å²) < 4.78 is 54.5. The Labute approximate surface area is 194 Å². The molecule has 4 bridgehead atoms. The van der Waals surface area contributed by atoms with Crippen molar-refractivity contribution in [2.24, 2.45) is 0 Å². The average Bonchev–Trinajstić information content (AvgIpc) is 2.81. The van der Waals surface area contributed by atoms with Gasteiger partial charge in [0.25, 0.3) is 0 Å². The van der Waals surface area contributed by atoms with Gasteiger partial charge in [0.1, 0.15) is 5.82 Å². The number of anilines is 4. The smallest absolute Gasteiger partial charge is 0.319 e. The summed E-state index contributed by atoms with van der Waals surface area (Å²) >= 11 is 0. The van der Waals surface area contributed by atoms with Crippen molar-refractivity contribution in [3.8, 4) is 0 Å². The molecule has 0 atom stereocenters. The predicted octanol–water partition coefficient (Wildman–Crippen LogP) is 2.91. The van der Waals surface area contributed by atoms with E-state index in [0.29, 0.717) is 30.0 Å². The Morgan fingerprint density at radius 3 is 2.79 bits per heavy atom. The van der Waals surface area contributed by atoms with Crippen LogP contribution in [0.25, 0.3) is 0 Å². The quantitative estimate of drug-likeness (QED) is 0.382. The number of hydrogen-bond donors (Lipinski definition) is 5. The molecule has 0 saturated carbocycles. The van der Waals surface area contributed by atoms with E-state index < -0.39 is 27.7 Å². The normalized spacial score (nSPS) is 14.9. The summed E-state index contributed by atoms with van der Waals surface area (Å²) in [6.07, 6.45) is 1.97. The van der Waals surface area contributed by atoms with E-state index in [1.165, 1.54) is 30.5 Å². The predicted molar refractivity (Wildman–Crippen MR) is 122 cm³/mol. The first-order valence-corrected chi connectivity index (χ1v) is 11.8. The summed E-state index contributed by atoms with van der Waals surface area (Å²) in [5.74, 6) is -1.58. The number of hydrogen-bond acceptors (Lipinski definition) is 7. The van der Waals surface area contributed by atoms with E-state index in [9.17, 15) is 22.0 Å². The number of carbonyl (C=O) groups is 1. The Hall–Kier alpha value is -3.84. The van der Waals surface area contributed by atoms with E-state index in [0.717, 1.165) is 6.07 Å². The van der Waals surface area contributed by atoms with Gasteiger partial charge < -0.3 is 21.3 Å². The lowest BCUT2D eigenvalue weighted by molar-refractivity contribution is 0.251. The summed E-state index contributed by atoms with van der Waals surface area (Å²) in [7, 11) is -3.66. The zero-order valence-corrected chi connectivity index (χ0v) is 18.5. The minimum absolute atomic E-state index is 0.00645. The summed E-state index contributed by atoms with van der Waals surface area (Å²) in [6.45, 7) is 0.595. The summed E-state index contributed by atoms with van der Waals surface area (Å²) in [6, 6.07) is 8.98. The van der Waals surface area contributed by atoms with Crippen LogP contribution in [0, 0.1) is 11.6 Å². The van der Waals surface area contributed by atoms with Crippen molar-refractivity contribution in [2.75, 3.05) is 29.0 Å². The van der Waals surface area contributed by atoms with Crippen LogP contribution in [-0.2, 0) is 16.6 Å². The number of sulfonamides is 1. The van der Waals surface area contributed by atoms with Gasteiger partial charge in [-0.15, -0.1) is 0 Å². The van der Waals surface area contributed by atoms with E-state index in [4.69, 9.17) is 0 Å². The SMILES string of the molecule is O=C(NCc1cnc2nc1NCCCNS(=O)(=O)c1cccc(c1)N2)Nc1cccc(F)c1F. The standard InChI is InChI=1S/C21H21F2N7O3S/c22-16-6-2-7-17(18(16)23)29-21(31)26-12-13-11-25-20-28-14-4-1-5-15(10-14)34(32,33)27-9-3-8-24-19(13)30-20/h1-2,4-7,10-11,27H,3,8-9,12H2,(H2,26,29,31)(H2,24,25,28,30). The summed E-state index contributed by atoms with van der Waals surface area (Å²) in [5, 5.41) is 10.9. The van der Waals surface area contributed by atoms with Crippen LogP contribution in [0.4, 0.5) is 36.7 Å². The molecule has 2 aromatic carbocycles. The number of fused-ring (bicyclic) bond motifs is 4. The fourth-order valence-corrected chi connectivity index (χ4v) is 4.27. The summed E-state index contributed by atoms with van der Waals surface area (Å²) in [4.78, 5) is 21.0. The van der Waals surface area contributed by atoms with Gasteiger partial charge in [0.05, 0.1) is 10.6 Å². The minimum atomic E-state index is -3.66. The van der Waals surface area contributed by atoms with Gasteiger partial charge in [0.15, 0.2) is 11.6 Å². The average molecular weight is 490 g/mol. The van der Waals surface area contributed by atoms with Gasteiger partial charge in [0.2, 0.25) is 16.0 Å². The lowest BCUT2D eigenvalue weighted by Crippen LogP contribution is -2.29. The Kier molecular flexibility index (Phi) is 6.84. The fraction of sp³-hybridized carbons (Fsp3) is 0.190. The molecule has 0 fully saturated rings. The highest BCUT2D eigenvalue weighted by Crippen LogP contribution is 2.21. The zero-order valence-electron chi connectivity index (χ0n) is 17.7. The molecule has 0 aliphatic carbocycles. The van der Waals surface area contributed by atoms with E-state index >= 15 is 0 Å². The highest BCUT2D eigenvalue weighted by Gasteiger charge is 2.16. The van der Waals surface area contributed by atoms with Crippen LogP contribution in [0.15, 0.2) is 53.6 Å². The fourth-order valence-electron chi connectivity index (χ4n) is 3.15. The molecule has 0 saturated heterocycles. The van der Waals surface area contributed by atoms with Crippen LogP contribution in [0.1, 0.15) is 12.0 Å². The van der Waals surface area contributed by atoms with Gasteiger partial charge in [-0.3, -0.25) is 0 Å². The number of halogens is 2. The maximum absolute atomic E-state index is 13.8. The van der Waals surface area contributed by atoms with Gasteiger partial charge in [-0.2, -0.15) is 4.98 Å². The van der Waals surface area contributed by atoms with Crippen LogP contribution in [-0.4, -0.2) is 37.5 Å². The number of nitrogens with zero attached hydrogens (tertiary/aromatic N) is 2. The molecule has 178 valence electrons. The second-order valence-corrected chi connectivity index (χ2v) is 9.07. The molecular formula is C21H21F2N7O3S. The van der Waals surface area contributed by atoms with Crippen LogP contribution < -0.4 is 26.0 Å². The van der Waals surface area contributed by atoms with Crippen LogP contribution in [0.2, 0.25) is 0 Å². The molecule has 10 nitrogen and oxygen atoms in total. The maximum Gasteiger partial charge on any atom is 0.319 e. The van der Waals surface area contributed by atoms with Crippen molar-refractivity contribution in [1.29, 1.82) is 0 Å². The molecule has 1 aliphatic rings. The molecule has 5 N–H and O–H groups in total. The number of nitrogens with one attached hydrogen (secondary N) is 5. The van der Waals surface area contributed by atoms with Crippen molar-refractivity contribution in [3.63, 3.8) is 0 Å². The third kappa shape index (κ3) is 5.55. The van der Waals surface area contributed by atoms with Crippen LogP contribution in [0.3, 0.4) is 0 Å². The number of aromatic nitrogens is 2. The van der Waals surface area contributed by atoms with Gasteiger partial charge in [-0.1, -0.05) is 12.1 Å². The molecular weight excluding hydrogens is 468 g/mol. The number of carbonyl (C=O) groups excluding carboxylic acids is 1. The van der Waals surface area contributed by atoms with Gasteiger partial charge in [-0.25, -0.2) is 31.7 Å². The molecule has 2 amide bonds. The number of amides is 2. The number of benzene rings is 2. The zero-order chi connectivity index (χ0) is 24.1. The van der Waals surface area contributed by atoms with Gasteiger partial charge in [-0.05, 0) is 36.8 Å². The lowest BCUT2D eigenvalue weighted by Gasteiger charge is -2.14. The molecule has 0 spiro atoms. The van der Waals surface area contributed by atoms with Crippen LogP contribution in [0.5, 0.6) is 0 Å². The highest BCUT2D eigenvalue weighted by atomic mass is 32.2. The Morgan fingerprint density at radius 2 is 1.94 bits per heavy atom. The Morgan fingerprint density at radius 1 is 1.12 bits per heavy atom. The van der Waals surface area contributed by atoms with Crippen molar-refractivity contribution in [2.45, 2.75) is 17.9 Å². The molecule has 0 radical (unpaired) electrons. The first-order valence-electron chi connectivity index (χ1n) is 10.3. The molecule has 2 heterocycles. The van der Waals surface area contributed by atoms with Crippen molar-refractivity contribution in [1.82, 2.24) is 20.0 Å². The van der Waals surface area contributed by atoms with Crippen molar-refractivity contribution < 1.29 is 22.0 Å². The van der Waals surface area contributed by atoms with E-state index in [2.05, 4.69) is 36.0 Å². The van der Waals surface area contributed by atoms with Crippen molar-refractivity contribution >= 4 is 39.2 Å². The second kappa shape index (κ2) is 9.97. The minimum Gasteiger partial charge on any atom is -0.370 e. The first-order chi connectivity index (χ1) is 16.3. The molecule has 4 rings (SSSR count). The Balaban J connectivity index is 1.50. The first kappa shape index (κ1) is 23.3. The van der Waals surface area contributed by atoms with E-state index in [1.54, 1.807) is 12.1 Å². The molecule has 13 heteroatoms. The highest BCUT2D eigenvalue weighted by molar-refractivity contribution is 7.89. The number of rotatable bonds is 3. The van der Waals surface area contributed by atoms with Crippen LogP contribution >= 0.6 is 0 Å². The molecule has 34 heavy (non-hydrogen) atoms. The van der Waals surface area contributed by atoms with Gasteiger partial charge >= 0.3 is 6.03 Å². The molecule has 1 aliphatic heterocycles. The van der Waals surface area contributed by atoms with E-state index in [-0.39, 0.29) is 29.6 Å². The topological polar surface area (TPSA) is 137 Å². The molecule has 1 aromatic heterocycles. The lowest BCUT2D eigenvalue weighted by atomic mass is 10.3. The van der Waals surface area contributed by atoms with E-state index in [1.807, 2.05) is 0 Å². The largest absolute Gasteiger partial charge is 0.370 e. The second-order valence-electron chi connectivity index (χ2n) is 7.31. The third-order valence-electron chi connectivity index (χ3n) is 4.84. The van der Waals surface area contributed by atoms with Gasteiger partial charge in [0, 0.05) is 37.1 Å².